The van der Waals surface area contributed by atoms with Crippen LogP contribution in [0.2, 0.25) is 0 Å². The number of hydrogen-bond acceptors (Lipinski definition) is 4. The Morgan fingerprint density at radius 3 is 2.65 bits per heavy atom. The maximum absolute atomic E-state index is 13.2. The van der Waals surface area contributed by atoms with Crippen LogP contribution >= 0.6 is 0 Å². The van der Waals surface area contributed by atoms with Crippen molar-refractivity contribution in [3.63, 3.8) is 0 Å². The molecule has 0 bridgehead atoms. The molecular formula is C17H18FNO4. The summed E-state index contributed by atoms with van der Waals surface area (Å²) in [4.78, 5) is 12.0. The van der Waals surface area contributed by atoms with Crippen LogP contribution in [0.3, 0.4) is 0 Å². The molecule has 0 heterocycles. The number of methoxy groups -OCH3 is 1. The molecule has 0 saturated heterocycles. The first-order valence-electron chi connectivity index (χ1n) is 7.11. The van der Waals surface area contributed by atoms with Crippen LogP contribution < -0.4 is 19.5 Å². The monoisotopic (exact) mass is 319 g/mol. The molecule has 2 aromatic carbocycles. The van der Waals surface area contributed by atoms with Crippen molar-refractivity contribution in [2.45, 2.75) is 6.92 Å². The Hall–Kier alpha value is -2.76. The molecule has 0 aromatic heterocycles. The first-order chi connectivity index (χ1) is 11.1. The minimum absolute atomic E-state index is 0.184. The summed E-state index contributed by atoms with van der Waals surface area (Å²) in [5, 5.41) is 2.63. The average molecular weight is 319 g/mol. The molecule has 23 heavy (non-hydrogen) atoms. The molecule has 0 radical (unpaired) electrons. The number of amides is 1. The van der Waals surface area contributed by atoms with E-state index in [1.165, 1.54) is 18.2 Å². The summed E-state index contributed by atoms with van der Waals surface area (Å²) in [7, 11) is 1.55. The van der Waals surface area contributed by atoms with Gasteiger partial charge in [-0.15, -0.1) is 0 Å². The van der Waals surface area contributed by atoms with E-state index in [4.69, 9.17) is 14.2 Å². The maximum atomic E-state index is 13.2. The SMILES string of the molecule is CCOc1cc(F)ccc1NC(=O)COc1cccc(OC)c1. The summed E-state index contributed by atoms with van der Waals surface area (Å²) >= 11 is 0. The lowest BCUT2D eigenvalue weighted by atomic mass is 10.3. The first-order valence-corrected chi connectivity index (χ1v) is 7.11. The number of halogens is 1. The summed E-state index contributed by atoms with van der Waals surface area (Å²) in [6.07, 6.45) is 0. The van der Waals surface area contributed by atoms with Crippen LogP contribution in [0.15, 0.2) is 42.5 Å². The van der Waals surface area contributed by atoms with E-state index in [9.17, 15) is 9.18 Å². The van der Waals surface area contributed by atoms with Crippen molar-refractivity contribution in [1.29, 1.82) is 0 Å². The number of nitrogens with one attached hydrogen (secondary N) is 1. The zero-order chi connectivity index (χ0) is 16.7. The van der Waals surface area contributed by atoms with Crippen LogP contribution in [0, 0.1) is 5.82 Å². The Labute approximate surface area is 134 Å². The molecule has 0 atom stereocenters. The van der Waals surface area contributed by atoms with Gasteiger partial charge in [0.1, 0.15) is 23.1 Å². The number of hydrogen-bond donors (Lipinski definition) is 1. The van der Waals surface area contributed by atoms with Crippen LogP contribution in [0.1, 0.15) is 6.92 Å². The van der Waals surface area contributed by atoms with Gasteiger partial charge in [-0.1, -0.05) is 6.07 Å². The normalized spacial score (nSPS) is 10.0. The standard InChI is InChI=1S/C17H18FNO4/c1-3-22-16-9-12(18)7-8-15(16)19-17(20)11-23-14-6-4-5-13(10-14)21-2/h4-10H,3,11H2,1-2H3,(H,19,20). The Bertz CT molecular complexity index is 675. The molecule has 6 heteroatoms. The molecular weight excluding hydrogens is 301 g/mol. The molecule has 2 rings (SSSR count). The van der Waals surface area contributed by atoms with Crippen molar-refractivity contribution >= 4 is 11.6 Å². The highest BCUT2D eigenvalue weighted by Gasteiger charge is 2.10. The Morgan fingerprint density at radius 1 is 1.13 bits per heavy atom. The lowest BCUT2D eigenvalue weighted by Gasteiger charge is -2.12. The van der Waals surface area contributed by atoms with E-state index in [0.29, 0.717) is 23.8 Å². The summed E-state index contributed by atoms with van der Waals surface area (Å²) in [6.45, 7) is 1.96. The molecule has 5 nitrogen and oxygen atoms in total. The van der Waals surface area contributed by atoms with Crippen molar-refractivity contribution in [2.24, 2.45) is 0 Å². The van der Waals surface area contributed by atoms with Crippen LogP contribution in [0.5, 0.6) is 17.2 Å². The van der Waals surface area contributed by atoms with Gasteiger partial charge in [0.25, 0.3) is 5.91 Å². The fraction of sp³-hybridized carbons (Fsp3) is 0.235. The Morgan fingerprint density at radius 2 is 1.91 bits per heavy atom. The van der Waals surface area contributed by atoms with Gasteiger partial charge in [-0.05, 0) is 31.2 Å². The zero-order valence-corrected chi connectivity index (χ0v) is 13.0. The summed E-state index contributed by atoms with van der Waals surface area (Å²) in [5.41, 5.74) is 0.396. The highest BCUT2D eigenvalue weighted by atomic mass is 19.1. The number of carbonyl (C=O) groups is 1. The molecule has 0 aliphatic carbocycles. The van der Waals surface area contributed by atoms with Gasteiger partial charge in [-0.25, -0.2) is 4.39 Å². The predicted molar refractivity (Wildman–Crippen MR) is 84.7 cm³/mol. The number of rotatable bonds is 7. The van der Waals surface area contributed by atoms with Gasteiger partial charge in [-0.2, -0.15) is 0 Å². The highest BCUT2D eigenvalue weighted by Crippen LogP contribution is 2.25. The fourth-order valence-electron chi connectivity index (χ4n) is 1.90. The van der Waals surface area contributed by atoms with Gasteiger partial charge in [0, 0.05) is 12.1 Å². The third kappa shape index (κ3) is 4.88. The van der Waals surface area contributed by atoms with Gasteiger partial charge in [-0.3, -0.25) is 4.79 Å². The van der Waals surface area contributed by atoms with Gasteiger partial charge in [0.2, 0.25) is 0 Å². The van der Waals surface area contributed by atoms with Crippen molar-refractivity contribution in [1.82, 2.24) is 0 Å². The zero-order valence-electron chi connectivity index (χ0n) is 13.0. The van der Waals surface area contributed by atoms with Crippen LogP contribution in [0.25, 0.3) is 0 Å². The van der Waals surface area contributed by atoms with Crippen molar-refractivity contribution < 1.29 is 23.4 Å². The number of anilines is 1. The molecule has 0 fully saturated rings. The van der Waals surface area contributed by atoms with E-state index in [1.807, 2.05) is 0 Å². The molecule has 0 aliphatic rings. The lowest BCUT2D eigenvalue weighted by Crippen LogP contribution is -2.20. The van der Waals surface area contributed by atoms with Crippen LogP contribution in [-0.4, -0.2) is 26.2 Å². The van der Waals surface area contributed by atoms with Crippen molar-refractivity contribution in [3.8, 4) is 17.2 Å². The van der Waals surface area contributed by atoms with Gasteiger partial charge >= 0.3 is 0 Å². The van der Waals surface area contributed by atoms with Gasteiger partial charge in [0.05, 0.1) is 19.4 Å². The smallest absolute Gasteiger partial charge is 0.262 e. The van der Waals surface area contributed by atoms with E-state index in [-0.39, 0.29) is 18.3 Å². The highest BCUT2D eigenvalue weighted by molar-refractivity contribution is 5.93. The minimum Gasteiger partial charge on any atom is -0.497 e. The Balaban J connectivity index is 1.96. The van der Waals surface area contributed by atoms with E-state index in [1.54, 1.807) is 38.3 Å². The third-order valence-corrected chi connectivity index (χ3v) is 2.93. The summed E-state index contributed by atoms with van der Waals surface area (Å²) in [5.74, 6) is 0.630. The second kappa shape index (κ2) is 8.03. The number of carbonyl (C=O) groups excluding carboxylic acids is 1. The molecule has 0 spiro atoms. The molecule has 2 aromatic rings. The summed E-state index contributed by atoms with van der Waals surface area (Å²) < 4.78 is 29.0. The minimum atomic E-state index is -0.431. The quantitative estimate of drug-likeness (QED) is 0.851. The maximum Gasteiger partial charge on any atom is 0.262 e. The van der Waals surface area contributed by atoms with Gasteiger partial charge < -0.3 is 19.5 Å². The van der Waals surface area contributed by atoms with Crippen molar-refractivity contribution in [3.05, 3.63) is 48.3 Å². The fourth-order valence-corrected chi connectivity index (χ4v) is 1.90. The van der Waals surface area contributed by atoms with E-state index in [2.05, 4.69) is 5.32 Å². The van der Waals surface area contributed by atoms with Gasteiger partial charge in [0.15, 0.2) is 6.61 Å². The van der Waals surface area contributed by atoms with Crippen LogP contribution in [0.4, 0.5) is 10.1 Å². The predicted octanol–water partition coefficient (Wildman–Crippen LogP) is 3.25. The topological polar surface area (TPSA) is 56.8 Å². The Kier molecular flexibility index (Phi) is 5.80. The molecule has 0 unspecified atom stereocenters. The number of benzene rings is 2. The van der Waals surface area contributed by atoms with E-state index in [0.717, 1.165) is 0 Å². The lowest BCUT2D eigenvalue weighted by molar-refractivity contribution is -0.118. The summed E-state index contributed by atoms with van der Waals surface area (Å²) in [6, 6.07) is 10.9. The van der Waals surface area contributed by atoms with Crippen molar-refractivity contribution in [2.75, 3.05) is 25.6 Å². The molecule has 122 valence electrons. The second-order valence-electron chi connectivity index (χ2n) is 4.59. The second-order valence-corrected chi connectivity index (χ2v) is 4.59. The molecule has 1 N–H and O–H groups in total. The molecule has 0 saturated carbocycles. The number of ether oxygens (including phenoxy) is 3. The largest absolute Gasteiger partial charge is 0.497 e. The third-order valence-electron chi connectivity index (χ3n) is 2.93. The molecule has 0 aliphatic heterocycles. The first kappa shape index (κ1) is 16.6. The van der Waals surface area contributed by atoms with E-state index < -0.39 is 5.82 Å². The average Bonchev–Trinajstić information content (AvgIpc) is 2.56. The van der Waals surface area contributed by atoms with Crippen LogP contribution in [-0.2, 0) is 4.79 Å². The van der Waals surface area contributed by atoms with E-state index >= 15 is 0 Å². The molecule has 1 amide bonds.